The minimum atomic E-state index is -2.65. The normalized spacial score (nSPS) is 17.1. The highest BCUT2D eigenvalue weighted by Gasteiger charge is 2.16. The molecule has 0 radical (unpaired) electrons. The average molecular weight is 352 g/mol. The highest BCUT2D eigenvalue weighted by atomic mass is 32.2. The Hall–Kier alpha value is -2.48. The van der Waals surface area contributed by atoms with Gasteiger partial charge in [0.05, 0.1) is 50.1 Å². The molecule has 0 aromatic carbocycles. The molecule has 126 valence electrons. The van der Waals surface area contributed by atoms with Crippen LogP contribution in [-0.2, 0) is 16.6 Å². The van der Waals surface area contributed by atoms with E-state index in [0.29, 0.717) is 22.3 Å². The number of hydrogen-bond acceptors (Lipinski definition) is 6. The Balaban J connectivity index is 1.85. The molecule has 0 aliphatic carbocycles. The van der Waals surface area contributed by atoms with Gasteiger partial charge in [-0.2, -0.15) is 4.98 Å². The molecule has 1 N–H and O–H groups in total. The van der Waals surface area contributed by atoms with Crippen molar-refractivity contribution in [3.63, 3.8) is 0 Å². The molecule has 0 aliphatic heterocycles. The third kappa shape index (κ3) is 2.96. The summed E-state index contributed by atoms with van der Waals surface area (Å²) in [5.74, 6) is 0.00521. The van der Waals surface area contributed by atoms with Crippen LogP contribution in [0, 0.1) is 13.8 Å². The molecule has 3 aromatic rings. The number of fused-ring (bicyclic) bond motifs is 1. The molecule has 0 saturated heterocycles. The Morgan fingerprint density at radius 1 is 1.25 bits per heavy atom. The summed E-state index contributed by atoms with van der Waals surface area (Å²) in [5.41, 5.74) is 2.03. The van der Waals surface area contributed by atoms with Crippen molar-refractivity contribution in [2.75, 3.05) is 14.1 Å². The largest absolute Gasteiger partial charge is 0.496 e. The maximum Gasteiger partial charge on any atom is 0.215 e. The number of nitrogens with one attached hydrogen (secondary N) is 1. The van der Waals surface area contributed by atoms with Crippen LogP contribution in [0.5, 0.6) is 11.6 Å². The van der Waals surface area contributed by atoms with Gasteiger partial charge in [0.1, 0.15) is 5.75 Å². The van der Waals surface area contributed by atoms with E-state index < -0.39 is 24.9 Å². The lowest BCUT2D eigenvalue weighted by Gasteiger charge is -2.11. The zero-order chi connectivity index (χ0) is 22.3. The number of hydrogen-bond donors (Lipinski definition) is 1. The van der Waals surface area contributed by atoms with Gasteiger partial charge in [0.2, 0.25) is 5.88 Å². The number of nitrogens with zero attached hydrogens (tertiary/aromatic N) is 3. The monoisotopic (exact) mass is 352 g/mol. The summed E-state index contributed by atoms with van der Waals surface area (Å²) in [4.78, 5) is 15.3. The number of pyridine rings is 2. The molecule has 24 heavy (non-hydrogen) atoms. The molecule has 1 unspecified atom stereocenters. The van der Waals surface area contributed by atoms with Gasteiger partial charge in [-0.25, -0.2) is 4.98 Å². The summed E-state index contributed by atoms with van der Waals surface area (Å²) in [6, 6.07) is 2.89. The van der Waals surface area contributed by atoms with Crippen molar-refractivity contribution in [2.24, 2.45) is 0 Å². The van der Waals surface area contributed by atoms with Crippen LogP contribution >= 0.6 is 0 Å². The third-order valence-electron chi connectivity index (χ3n) is 3.53. The van der Waals surface area contributed by atoms with Crippen molar-refractivity contribution >= 4 is 22.0 Å². The molecule has 3 rings (SSSR count). The van der Waals surface area contributed by atoms with Gasteiger partial charge in [-0.05, 0) is 19.9 Å². The summed E-state index contributed by atoms with van der Waals surface area (Å²) in [6.07, 6.45) is 1.46. The van der Waals surface area contributed by atoms with Gasteiger partial charge in [0.25, 0.3) is 0 Å². The molecule has 0 spiro atoms. The lowest BCUT2D eigenvalue weighted by molar-refractivity contribution is 0.399. The van der Waals surface area contributed by atoms with Crippen LogP contribution in [0.4, 0.5) is 0 Å². The minimum Gasteiger partial charge on any atom is -0.496 e. The minimum absolute atomic E-state index is 0.0398. The molecule has 3 aromatic heterocycles. The maximum absolute atomic E-state index is 12.8. The van der Waals surface area contributed by atoms with Gasteiger partial charge in [-0.15, -0.1) is 0 Å². The molecule has 1 atom stereocenters. The number of aromatic amines is 1. The Morgan fingerprint density at radius 2 is 2.08 bits per heavy atom. The first-order chi connectivity index (χ1) is 13.8. The maximum atomic E-state index is 12.8. The molecular weight excluding hydrogens is 328 g/mol. The van der Waals surface area contributed by atoms with E-state index >= 15 is 0 Å². The number of H-pyrrole nitrogens is 1. The van der Waals surface area contributed by atoms with Crippen LogP contribution in [-0.4, -0.2) is 38.2 Å². The molecule has 0 bridgehead atoms. The van der Waals surface area contributed by atoms with Crippen molar-refractivity contribution in [1.82, 2.24) is 19.9 Å². The molecule has 0 aliphatic rings. The van der Waals surface area contributed by atoms with Crippen LogP contribution in [0.25, 0.3) is 11.2 Å². The fourth-order valence-corrected chi connectivity index (χ4v) is 3.36. The topological polar surface area (TPSA) is 90.0 Å². The van der Waals surface area contributed by atoms with Crippen molar-refractivity contribution in [2.45, 2.75) is 24.8 Å². The van der Waals surface area contributed by atoms with E-state index in [9.17, 15) is 4.21 Å². The Bertz CT molecular complexity index is 1110. The fourth-order valence-electron chi connectivity index (χ4n) is 2.27. The predicted molar refractivity (Wildman–Crippen MR) is 90.8 cm³/mol. The van der Waals surface area contributed by atoms with Gasteiger partial charge in [0.15, 0.2) is 10.8 Å². The van der Waals surface area contributed by atoms with Crippen LogP contribution < -0.4 is 9.47 Å². The predicted octanol–water partition coefficient (Wildman–Crippen LogP) is 2.29. The van der Waals surface area contributed by atoms with Gasteiger partial charge in [-0.3, -0.25) is 9.19 Å². The highest BCUT2D eigenvalue weighted by molar-refractivity contribution is 7.84. The fraction of sp³-hybridized carbons (Fsp3) is 0.312. The zero-order valence-corrected chi connectivity index (χ0v) is 13.7. The van der Waals surface area contributed by atoms with E-state index in [1.165, 1.54) is 18.3 Å². The van der Waals surface area contributed by atoms with Crippen LogP contribution in [0.15, 0.2) is 23.5 Å². The second-order valence-corrected chi connectivity index (χ2v) is 6.47. The van der Waals surface area contributed by atoms with Crippen LogP contribution in [0.1, 0.15) is 25.0 Å². The molecular formula is C16H18N4O3S. The Kier molecular flexibility index (Phi) is 2.84. The Morgan fingerprint density at radius 3 is 2.88 bits per heavy atom. The number of rotatable bonds is 5. The summed E-state index contributed by atoms with van der Waals surface area (Å²) in [5, 5.41) is 0.114. The smallest absolute Gasteiger partial charge is 0.215 e. The first-order valence-corrected chi connectivity index (χ1v) is 8.22. The van der Waals surface area contributed by atoms with Gasteiger partial charge in [0, 0.05) is 23.4 Å². The quantitative estimate of drug-likeness (QED) is 0.758. The van der Waals surface area contributed by atoms with E-state index in [2.05, 4.69) is 19.9 Å². The molecule has 7 nitrogen and oxygen atoms in total. The number of aryl methyl sites for hydroxylation is 1. The van der Waals surface area contributed by atoms with E-state index in [1.54, 1.807) is 13.8 Å². The van der Waals surface area contributed by atoms with E-state index in [1.807, 2.05) is 0 Å². The summed E-state index contributed by atoms with van der Waals surface area (Å²) >= 11 is 0. The molecule has 0 fully saturated rings. The van der Waals surface area contributed by atoms with Gasteiger partial charge in [-0.1, -0.05) is 0 Å². The number of ether oxygens (including phenoxy) is 2. The van der Waals surface area contributed by atoms with Crippen molar-refractivity contribution < 1.29 is 21.9 Å². The van der Waals surface area contributed by atoms with Crippen molar-refractivity contribution in [3.05, 3.63) is 35.2 Å². The molecule has 8 heteroatoms. The van der Waals surface area contributed by atoms with Crippen LogP contribution in [0.2, 0.25) is 0 Å². The SMILES string of the molecule is [2H]C([2H])([2H])Oc1ccc2[nH]c(S(=O)Cc3ncc(C)c(OC([2H])([2H])[2H])c3C)nc2n1. The second kappa shape index (κ2) is 6.56. The lowest BCUT2D eigenvalue weighted by Crippen LogP contribution is -2.05. The van der Waals surface area contributed by atoms with Gasteiger partial charge >= 0.3 is 0 Å². The molecule has 3 heterocycles. The summed E-state index contributed by atoms with van der Waals surface area (Å²) in [7, 11) is -6.92. The second-order valence-electron chi connectivity index (χ2n) is 5.10. The van der Waals surface area contributed by atoms with E-state index in [-0.39, 0.29) is 28.2 Å². The average Bonchev–Trinajstić information content (AvgIpc) is 3.02. The van der Waals surface area contributed by atoms with Crippen molar-refractivity contribution in [1.29, 1.82) is 0 Å². The first kappa shape index (κ1) is 10.4. The number of imidazole rings is 1. The van der Waals surface area contributed by atoms with Crippen molar-refractivity contribution in [3.8, 4) is 11.6 Å². The molecule has 0 saturated carbocycles. The summed E-state index contributed by atoms with van der Waals surface area (Å²) < 4.78 is 65.9. The van der Waals surface area contributed by atoms with Crippen LogP contribution in [0.3, 0.4) is 0 Å². The zero-order valence-electron chi connectivity index (χ0n) is 18.9. The van der Waals surface area contributed by atoms with Gasteiger partial charge < -0.3 is 14.5 Å². The lowest BCUT2D eigenvalue weighted by atomic mass is 10.1. The Labute approximate surface area is 150 Å². The van der Waals surface area contributed by atoms with E-state index in [4.69, 9.17) is 17.7 Å². The third-order valence-corrected chi connectivity index (χ3v) is 4.69. The number of aromatic nitrogens is 4. The summed E-state index contributed by atoms with van der Waals surface area (Å²) in [6.45, 7) is 3.32. The van der Waals surface area contributed by atoms with E-state index in [0.717, 1.165) is 0 Å². The number of methoxy groups -OCH3 is 2. The molecule has 0 amide bonds. The first-order valence-electron chi connectivity index (χ1n) is 9.91. The standard InChI is InChI=1S/C16H18N4O3S/c1-9-7-17-12(10(2)14(9)23-4)8-24(21)16-18-11-5-6-13(22-3)19-15(11)20-16/h5-7H,8H2,1-4H3,(H,18,19,20)/i3D3,4D3. The highest BCUT2D eigenvalue weighted by Crippen LogP contribution is 2.25.